The van der Waals surface area contributed by atoms with Crippen molar-refractivity contribution in [1.82, 2.24) is 5.32 Å². The van der Waals surface area contributed by atoms with Gasteiger partial charge < -0.3 is 5.32 Å². The lowest BCUT2D eigenvalue weighted by Gasteiger charge is -2.15. The summed E-state index contributed by atoms with van der Waals surface area (Å²) >= 11 is 1.71. The molecule has 0 aliphatic rings. The van der Waals surface area contributed by atoms with Gasteiger partial charge in [-0.1, -0.05) is 18.2 Å². The number of halogens is 3. The van der Waals surface area contributed by atoms with Gasteiger partial charge in [0.25, 0.3) is 0 Å². The fraction of sp³-hybridized carbons (Fsp3) is 0.333. The molecule has 0 saturated carbocycles. The van der Waals surface area contributed by atoms with Gasteiger partial charge in [-0.25, -0.2) is 0 Å². The van der Waals surface area contributed by atoms with E-state index in [9.17, 15) is 13.2 Å². The lowest BCUT2D eigenvalue weighted by molar-refractivity contribution is -0.137. The van der Waals surface area contributed by atoms with E-state index in [1.807, 2.05) is 18.4 Å². The van der Waals surface area contributed by atoms with Crippen molar-refractivity contribution in [1.29, 1.82) is 0 Å². The molecule has 0 bridgehead atoms. The first kappa shape index (κ1) is 15.1. The average molecular weight is 299 g/mol. The van der Waals surface area contributed by atoms with E-state index in [2.05, 4.69) is 11.4 Å². The van der Waals surface area contributed by atoms with Gasteiger partial charge in [0.15, 0.2) is 0 Å². The van der Waals surface area contributed by atoms with Gasteiger partial charge in [-0.15, -0.1) is 11.3 Å². The van der Waals surface area contributed by atoms with Gasteiger partial charge in [0.1, 0.15) is 0 Å². The van der Waals surface area contributed by atoms with Crippen LogP contribution >= 0.6 is 11.3 Å². The summed E-state index contributed by atoms with van der Waals surface area (Å²) in [6.07, 6.45) is -3.34. The van der Waals surface area contributed by atoms with Crippen LogP contribution in [0.5, 0.6) is 0 Å². The summed E-state index contributed by atoms with van der Waals surface area (Å²) in [6, 6.07) is 9.46. The quantitative estimate of drug-likeness (QED) is 0.846. The van der Waals surface area contributed by atoms with Gasteiger partial charge in [0, 0.05) is 17.5 Å². The predicted octanol–water partition coefficient (Wildman–Crippen LogP) is 4.66. The Kier molecular flexibility index (Phi) is 4.83. The Morgan fingerprint density at radius 1 is 1.15 bits per heavy atom. The zero-order valence-corrected chi connectivity index (χ0v) is 11.9. The zero-order chi connectivity index (χ0) is 14.6. The van der Waals surface area contributed by atoms with Crippen LogP contribution < -0.4 is 5.32 Å². The summed E-state index contributed by atoms with van der Waals surface area (Å²) in [4.78, 5) is 1.30. The Bertz CT molecular complexity index is 517. The van der Waals surface area contributed by atoms with Crippen molar-refractivity contribution in [3.05, 3.63) is 57.8 Å². The summed E-state index contributed by atoms with van der Waals surface area (Å²) in [5.74, 6) is 0. The van der Waals surface area contributed by atoms with E-state index in [0.29, 0.717) is 0 Å². The highest BCUT2D eigenvalue weighted by molar-refractivity contribution is 7.09. The van der Waals surface area contributed by atoms with Crippen LogP contribution in [-0.2, 0) is 12.6 Å². The lowest BCUT2D eigenvalue weighted by atomic mass is 10.1. The molecule has 0 aliphatic carbocycles. The molecule has 0 amide bonds. The van der Waals surface area contributed by atoms with E-state index in [1.165, 1.54) is 17.0 Å². The van der Waals surface area contributed by atoms with Crippen LogP contribution in [0.4, 0.5) is 13.2 Å². The van der Waals surface area contributed by atoms with Crippen molar-refractivity contribution in [2.24, 2.45) is 0 Å². The molecule has 1 heterocycles. The molecule has 1 atom stereocenters. The lowest BCUT2D eigenvalue weighted by Crippen LogP contribution is -2.21. The van der Waals surface area contributed by atoms with Crippen LogP contribution in [-0.4, -0.2) is 6.54 Å². The molecular formula is C15H16F3NS. The first-order chi connectivity index (χ1) is 9.47. The third kappa shape index (κ3) is 4.08. The van der Waals surface area contributed by atoms with Gasteiger partial charge >= 0.3 is 6.18 Å². The summed E-state index contributed by atoms with van der Waals surface area (Å²) in [7, 11) is 0. The SMILES string of the molecule is CC(NCCc1cccs1)c1ccc(C(F)(F)F)cc1. The Balaban J connectivity index is 1.87. The molecule has 5 heteroatoms. The number of nitrogens with one attached hydrogen (secondary N) is 1. The molecule has 1 unspecified atom stereocenters. The third-order valence-corrected chi connectivity index (χ3v) is 4.08. The third-order valence-electron chi connectivity index (χ3n) is 3.14. The smallest absolute Gasteiger partial charge is 0.310 e. The minimum absolute atomic E-state index is 0.0391. The van der Waals surface area contributed by atoms with Crippen LogP contribution in [0.2, 0.25) is 0 Å². The number of alkyl halides is 3. The van der Waals surface area contributed by atoms with E-state index >= 15 is 0 Å². The molecule has 1 nitrogen and oxygen atoms in total. The van der Waals surface area contributed by atoms with Crippen molar-refractivity contribution in [2.75, 3.05) is 6.54 Å². The van der Waals surface area contributed by atoms with Crippen molar-refractivity contribution in [3.8, 4) is 0 Å². The van der Waals surface area contributed by atoms with Gasteiger partial charge in [0.2, 0.25) is 0 Å². The normalized spacial score (nSPS) is 13.4. The second-order valence-electron chi connectivity index (χ2n) is 4.62. The number of hydrogen-bond donors (Lipinski definition) is 1. The second-order valence-corrected chi connectivity index (χ2v) is 5.66. The van der Waals surface area contributed by atoms with Gasteiger partial charge in [-0.05, 0) is 42.5 Å². The molecule has 2 rings (SSSR count). The van der Waals surface area contributed by atoms with Crippen LogP contribution in [0.25, 0.3) is 0 Å². The number of hydrogen-bond acceptors (Lipinski definition) is 2. The first-order valence-corrected chi connectivity index (χ1v) is 7.27. The predicted molar refractivity (Wildman–Crippen MR) is 75.9 cm³/mol. The molecule has 1 aromatic heterocycles. The molecule has 0 aliphatic heterocycles. The van der Waals surface area contributed by atoms with Gasteiger partial charge in [-0.3, -0.25) is 0 Å². The van der Waals surface area contributed by atoms with Crippen LogP contribution in [0, 0.1) is 0 Å². The van der Waals surface area contributed by atoms with Crippen molar-refractivity contribution < 1.29 is 13.2 Å². The second kappa shape index (κ2) is 6.41. The maximum atomic E-state index is 12.5. The number of rotatable bonds is 5. The molecule has 1 aromatic carbocycles. The van der Waals surface area contributed by atoms with Crippen LogP contribution in [0.3, 0.4) is 0 Å². The highest BCUT2D eigenvalue weighted by Gasteiger charge is 2.30. The summed E-state index contributed by atoms with van der Waals surface area (Å²) in [5.41, 5.74) is 0.260. The van der Waals surface area contributed by atoms with Crippen LogP contribution in [0.15, 0.2) is 41.8 Å². The molecular weight excluding hydrogens is 283 g/mol. The van der Waals surface area contributed by atoms with E-state index < -0.39 is 11.7 Å². The van der Waals surface area contributed by atoms with Crippen LogP contribution in [0.1, 0.15) is 29.0 Å². The average Bonchev–Trinajstić information content (AvgIpc) is 2.91. The maximum absolute atomic E-state index is 12.5. The highest BCUT2D eigenvalue weighted by Crippen LogP contribution is 2.29. The Morgan fingerprint density at radius 3 is 2.40 bits per heavy atom. The van der Waals surface area contributed by atoms with Gasteiger partial charge in [0.05, 0.1) is 5.56 Å². The Morgan fingerprint density at radius 2 is 1.85 bits per heavy atom. The Hall–Kier alpha value is -1.33. The number of thiophene rings is 1. The minimum Gasteiger partial charge on any atom is -0.310 e. The monoisotopic (exact) mass is 299 g/mol. The molecule has 108 valence electrons. The summed E-state index contributed by atoms with van der Waals surface area (Å²) in [6.45, 7) is 2.76. The zero-order valence-electron chi connectivity index (χ0n) is 11.1. The highest BCUT2D eigenvalue weighted by atomic mass is 32.1. The summed E-state index contributed by atoms with van der Waals surface area (Å²) in [5, 5.41) is 5.36. The fourth-order valence-electron chi connectivity index (χ4n) is 1.95. The molecule has 2 aromatic rings. The topological polar surface area (TPSA) is 12.0 Å². The molecule has 0 radical (unpaired) electrons. The summed E-state index contributed by atoms with van der Waals surface area (Å²) < 4.78 is 37.4. The molecule has 0 spiro atoms. The van der Waals surface area contributed by atoms with E-state index in [1.54, 1.807) is 11.3 Å². The minimum atomic E-state index is -4.27. The van der Waals surface area contributed by atoms with Crippen molar-refractivity contribution >= 4 is 11.3 Å². The fourth-order valence-corrected chi connectivity index (χ4v) is 2.65. The molecule has 1 N–H and O–H groups in total. The molecule has 20 heavy (non-hydrogen) atoms. The molecule has 0 saturated heterocycles. The van der Waals surface area contributed by atoms with Gasteiger partial charge in [-0.2, -0.15) is 13.2 Å². The molecule has 0 fully saturated rings. The number of benzene rings is 1. The van der Waals surface area contributed by atoms with E-state index in [4.69, 9.17) is 0 Å². The standard InChI is InChI=1S/C15H16F3NS/c1-11(19-9-8-14-3-2-10-20-14)12-4-6-13(7-5-12)15(16,17)18/h2-7,10-11,19H,8-9H2,1H3. The maximum Gasteiger partial charge on any atom is 0.416 e. The van der Waals surface area contributed by atoms with E-state index in [-0.39, 0.29) is 6.04 Å². The van der Waals surface area contributed by atoms with Crippen molar-refractivity contribution in [3.63, 3.8) is 0 Å². The van der Waals surface area contributed by atoms with E-state index in [0.717, 1.165) is 30.7 Å². The largest absolute Gasteiger partial charge is 0.416 e. The van der Waals surface area contributed by atoms with Crippen molar-refractivity contribution in [2.45, 2.75) is 25.6 Å². The first-order valence-electron chi connectivity index (χ1n) is 6.40. The Labute approximate surface area is 120 Å².